The zero-order valence-corrected chi connectivity index (χ0v) is 15.0. The van der Waals surface area contributed by atoms with E-state index in [0.29, 0.717) is 22.8 Å². The molecule has 138 valence electrons. The van der Waals surface area contributed by atoms with Crippen molar-refractivity contribution in [3.05, 3.63) is 58.4 Å². The number of rotatable bonds is 2. The van der Waals surface area contributed by atoms with Gasteiger partial charge < -0.3 is 14.6 Å². The minimum Gasteiger partial charge on any atom is -0.434 e. The molecule has 0 saturated carbocycles. The Hall–Kier alpha value is -2.67. The summed E-state index contributed by atoms with van der Waals surface area (Å²) in [7, 11) is 1.68. The quantitative estimate of drug-likeness (QED) is 0.712. The van der Waals surface area contributed by atoms with Crippen molar-refractivity contribution in [3.8, 4) is 5.75 Å². The Bertz CT molecular complexity index is 1090. The second kappa shape index (κ2) is 5.92. The molecule has 0 aliphatic carbocycles. The summed E-state index contributed by atoms with van der Waals surface area (Å²) in [4.78, 5) is 9.08. The molecule has 0 radical (unpaired) electrons. The van der Waals surface area contributed by atoms with Crippen LogP contribution in [-0.2, 0) is 0 Å². The molecular weight excluding hydrogens is 374 g/mol. The lowest BCUT2D eigenvalue weighted by molar-refractivity contribution is -0.0506. The maximum absolute atomic E-state index is 13.0. The number of nitrogens with one attached hydrogen (secondary N) is 1. The van der Waals surface area contributed by atoms with Crippen molar-refractivity contribution in [2.75, 3.05) is 7.05 Å². The molecule has 2 aliphatic rings. The maximum Gasteiger partial charge on any atom is 0.387 e. The molecule has 2 atom stereocenters. The number of halogens is 3. The second-order valence-corrected chi connectivity index (χ2v) is 7.03. The number of hydrogen-bond acceptors (Lipinski definition) is 3. The first-order valence-electron chi connectivity index (χ1n) is 8.55. The zero-order valence-electron chi connectivity index (χ0n) is 14.3. The van der Waals surface area contributed by atoms with Crippen molar-refractivity contribution < 1.29 is 13.5 Å². The van der Waals surface area contributed by atoms with Gasteiger partial charge in [-0.15, -0.1) is 0 Å². The summed E-state index contributed by atoms with van der Waals surface area (Å²) in [5.41, 5.74) is 3.14. The number of alkyl halides is 2. The molecule has 3 heterocycles. The van der Waals surface area contributed by atoms with Crippen LogP contribution in [0.2, 0.25) is 5.02 Å². The Kier molecular flexibility index (Phi) is 3.62. The Labute approximate surface area is 158 Å². The van der Waals surface area contributed by atoms with Crippen molar-refractivity contribution in [2.45, 2.75) is 25.1 Å². The Morgan fingerprint density at radius 2 is 2.19 bits per heavy atom. The van der Waals surface area contributed by atoms with Crippen molar-refractivity contribution in [1.29, 1.82) is 0 Å². The third-order valence-corrected chi connectivity index (χ3v) is 5.40. The summed E-state index contributed by atoms with van der Waals surface area (Å²) in [5.74, 6) is 1.65. The van der Waals surface area contributed by atoms with Crippen LogP contribution in [0.5, 0.6) is 5.75 Å². The minimum absolute atomic E-state index is 0.0772. The van der Waals surface area contributed by atoms with Gasteiger partial charge >= 0.3 is 6.61 Å². The van der Waals surface area contributed by atoms with E-state index < -0.39 is 6.61 Å². The van der Waals surface area contributed by atoms with E-state index in [1.807, 2.05) is 18.2 Å². The molecule has 27 heavy (non-hydrogen) atoms. The molecule has 0 spiro atoms. The molecule has 3 aromatic rings. The second-order valence-electron chi connectivity index (χ2n) is 6.59. The van der Waals surface area contributed by atoms with Gasteiger partial charge in [-0.05, 0) is 30.7 Å². The van der Waals surface area contributed by atoms with E-state index in [4.69, 9.17) is 21.3 Å². The van der Waals surface area contributed by atoms with E-state index in [9.17, 15) is 8.78 Å². The summed E-state index contributed by atoms with van der Waals surface area (Å²) in [5, 5.41) is 4.02. The molecule has 0 unspecified atom stereocenters. The Morgan fingerprint density at radius 1 is 1.33 bits per heavy atom. The van der Waals surface area contributed by atoms with Crippen LogP contribution in [0.15, 0.2) is 41.4 Å². The van der Waals surface area contributed by atoms with Crippen molar-refractivity contribution in [1.82, 2.24) is 14.9 Å². The van der Waals surface area contributed by atoms with Crippen LogP contribution >= 0.6 is 11.6 Å². The van der Waals surface area contributed by atoms with Crippen LogP contribution in [0.3, 0.4) is 0 Å². The largest absolute Gasteiger partial charge is 0.434 e. The average Bonchev–Trinajstić information content (AvgIpc) is 3.10. The predicted octanol–water partition coefficient (Wildman–Crippen LogP) is 4.30. The fraction of sp³-hybridized carbons (Fsp3) is 0.263. The number of aromatic nitrogens is 2. The molecular formula is C19H15ClF2N4O. The highest BCUT2D eigenvalue weighted by molar-refractivity contribution is 6.31. The number of fused-ring (bicyclic) bond motifs is 9. The minimum atomic E-state index is -2.90. The number of aliphatic imine (C=N–C) groups is 1. The molecule has 5 rings (SSSR count). The number of hydrogen-bond donors (Lipinski definition) is 1. The molecule has 8 heteroatoms. The summed E-state index contributed by atoms with van der Waals surface area (Å²) in [6.45, 7) is -2.90. The van der Waals surface area contributed by atoms with Crippen molar-refractivity contribution in [3.63, 3.8) is 0 Å². The van der Waals surface area contributed by atoms with Gasteiger partial charge in [0.1, 0.15) is 17.4 Å². The van der Waals surface area contributed by atoms with Crippen LogP contribution in [0, 0.1) is 0 Å². The van der Waals surface area contributed by atoms with E-state index >= 15 is 0 Å². The number of ether oxygens (including phenoxy) is 1. The molecule has 0 fully saturated rings. The van der Waals surface area contributed by atoms with E-state index in [0.717, 1.165) is 22.4 Å². The van der Waals surface area contributed by atoms with Gasteiger partial charge in [0, 0.05) is 23.2 Å². The molecule has 5 nitrogen and oxygen atoms in total. The molecule has 2 aromatic carbocycles. The van der Waals surface area contributed by atoms with Gasteiger partial charge in [-0.3, -0.25) is 4.99 Å². The standard InChI is InChI=1S/C19H15ClF2N4O/c1-23-17-10-3-2-4-15(27-19(21)22)16(10)14-8-12(24-17)18-25-11-6-5-9(20)7-13(11)26(14)18/h2-7,12,14,19H,8H2,1H3,(H,23,24)/t12-,14-/m1/s1. The summed E-state index contributed by atoms with van der Waals surface area (Å²) in [6, 6.07) is 10.4. The predicted molar refractivity (Wildman–Crippen MR) is 98.9 cm³/mol. The molecule has 2 bridgehead atoms. The number of imidazole rings is 1. The average molecular weight is 389 g/mol. The number of benzene rings is 2. The van der Waals surface area contributed by atoms with E-state index in [1.54, 1.807) is 25.2 Å². The number of nitrogens with zero attached hydrogens (tertiary/aromatic N) is 3. The van der Waals surface area contributed by atoms with Gasteiger partial charge in [0.05, 0.1) is 23.1 Å². The molecule has 1 N–H and O–H groups in total. The lowest BCUT2D eigenvalue weighted by atomic mass is 9.97. The normalized spacial score (nSPS) is 21.9. The SMILES string of the molecule is C/N=C1\N[C@@H]2C[C@H](c3c(OC(F)F)cccc31)n1c2nc2ccc(Cl)cc21. The topological polar surface area (TPSA) is 51.4 Å². The Balaban J connectivity index is 1.81. The van der Waals surface area contributed by atoms with Crippen molar-refractivity contribution in [2.24, 2.45) is 4.99 Å². The first kappa shape index (κ1) is 16.5. The first-order chi connectivity index (χ1) is 13.1. The smallest absolute Gasteiger partial charge is 0.387 e. The van der Waals surface area contributed by atoms with Gasteiger partial charge in [0.15, 0.2) is 0 Å². The first-order valence-corrected chi connectivity index (χ1v) is 8.93. The van der Waals surface area contributed by atoms with Crippen LogP contribution in [0.4, 0.5) is 8.78 Å². The van der Waals surface area contributed by atoms with Crippen LogP contribution < -0.4 is 10.1 Å². The number of amidine groups is 1. The van der Waals surface area contributed by atoms with Gasteiger partial charge in [-0.1, -0.05) is 23.7 Å². The van der Waals surface area contributed by atoms with Gasteiger partial charge in [0.25, 0.3) is 0 Å². The lowest BCUT2D eigenvalue weighted by Gasteiger charge is -2.22. The summed E-state index contributed by atoms with van der Waals surface area (Å²) in [6.07, 6.45) is 0.667. The highest BCUT2D eigenvalue weighted by Gasteiger charge is 2.41. The monoisotopic (exact) mass is 388 g/mol. The van der Waals surface area contributed by atoms with Crippen LogP contribution in [0.25, 0.3) is 11.0 Å². The summed E-state index contributed by atoms with van der Waals surface area (Å²) >= 11 is 6.20. The fourth-order valence-electron chi connectivity index (χ4n) is 4.18. The van der Waals surface area contributed by atoms with Gasteiger partial charge in [-0.2, -0.15) is 8.78 Å². The maximum atomic E-state index is 13.0. The molecule has 0 amide bonds. The Morgan fingerprint density at radius 3 is 2.96 bits per heavy atom. The van der Waals surface area contributed by atoms with Crippen LogP contribution in [-0.4, -0.2) is 29.0 Å². The van der Waals surface area contributed by atoms with Gasteiger partial charge in [0.2, 0.25) is 0 Å². The highest BCUT2D eigenvalue weighted by atomic mass is 35.5. The van der Waals surface area contributed by atoms with E-state index in [2.05, 4.69) is 14.9 Å². The molecule has 2 aliphatic heterocycles. The fourth-order valence-corrected chi connectivity index (χ4v) is 4.35. The molecule has 0 saturated heterocycles. The lowest BCUT2D eigenvalue weighted by Crippen LogP contribution is -2.29. The molecule has 1 aromatic heterocycles. The third-order valence-electron chi connectivity index (χ3n) is 5.17. The van der Waals surface area contributed by atoms with Crippen molar-refractivity contribution >= 4 is 28.5 Å². The van der Waals surface area contributed by atoms with E-state index in [1.165, 1.54) is 0 Å². The van der Waals surface area contributed by atoms with Crippen LogP contribution in [0.1, 0.15) is 35.5 Å². The third kappa shape index (κ3) is 2.41. The highest BCUT2D eigenvalue weighted by Crippen LogP contribution is 2.47. The summed E-state index contributed by atoms with van der Waals surface area (Å²) < 4.78 is 33.0. The zero-order chi connectivity index (χ0) is 18.7. The van der Waals surface area contributed by atoms with Gasteiger partial charge in [-0.25, -0.2) is 4.98 Å². The van der Waals surface area contributed by atoms with E-state index in [-0.39, 0.29) is 17.8 Å².